The lowest BCUT2D eigenvalue weighted by Crippen LogP contribution is -2.63. The van der Waals surface area contributed by atoms with Crippen LogP contribution >= 0.6 is 0 Å². The first-order chi connectivity index (χ1) is 25.7. The molecule has 0 bridgehead atoms. The monoisotopic (exact) mass is 768 g/mol. The van der Waals surface area contributed by atoms with Crippen LogP contribution in [0.3, 0.4) is 0 Å². The van der Waals surface area contributed by atoms with Crippen LogP contribution in [-0.4, -0.2) is 88.7 Å². The minimum Gasteiger partial charge on any atom is -0.462 e. The molecule has 302 valence electrons. The Morgan fingerprint density at radius 2 is 1.47 bits per heavy atom. The predicted octanol–water partition coefficient (Wildman–Crippen LogP) is 5.39. The molecule has 0 aliphatic carbocycles. The number of halogens is 1. The molecular formula is C41H57FN4O9. The van der Waals surface area contributed by atoms with E-state index >= 15 is 0 Å². The Labute approximate surface area is 323 Å². The number of rotatable bonds is 16. The minimum atomic E-state index is -1.60. The average Bonchev–Trinajstić information content (AvgIpc) is 3.60. The molecule has 13 nitrogen and oxygen atoms in total. The Bertz CT molecular complexity index is 1660. The molecule has 1 aliphatic rings. The molecule has 0 unspecified atom stereocenters. The van der Waals surface area contributed by atoms with E-state index in [4.69, 9.17) is 14.2 Å². The smallest absolute Gasteiger partial charge is 0.408 e. The lowest BCUT2D eigenvalue weighted by Gasteiger charge is -2.34. The highest BCUT2D eigenvalue weighted by atomic mass is 19.1. The fraction of sp³-hybridized carbons (Fsp3) is 0.561. The normalized spacial score (nSPS) is 16.5. The first kappa shape index (κ1) is 44.4. The van der Waals surface area contributed by atoms with E-state index in [2.05, 4.69) is 16.0 Å². The van der Waals surface area contributed by atoms with Gasteiger partial charge in [-0.1, -0.05) is 43.3 Å². The van der Waals surface area contributed by atoms with Crippen molar-refractivity contribution in [3.05, 3.63) is 71.5 Å². The molecule has 0 saturated carbocycles. The van der Waals surface area contributed by atoms with E-state index in [0.717, 1.165) is 0 Å². The van der Waals surface area contributed by atoms with Gasteiger partial charge in [0, 0.05) is 13.0 Å². The number of nitrogens with zero attached hydrogens (tertiary/aromatic N) is 1. The maximum absolute atomic E-state index is 14.9. The molecule has 55 heavy (non-hydrogen) atoms. The SMILES string of the molecule is CC[C@](C)(NC(=O)[C@H](CCCCOC(=O)c1ccccc1)NC(=O)OC(C)(C)C)C(=O)N[C@@H](Cc1ccccc1F)C(=O)N1CCC[C@@H]1C(=O)OC(C)(C)C. The number of alkyl carbamates (subject to hydrolysis) is 1. The molecule has 3 N–H and O–H groups in total. The summed E-state index contributed by atoms with van der Waals surface area (Å²) in [6.07, 6.45) is 0.760. The van der Waals surface area contributed by atoms with E-state index in [9.17, 15) is 33.2 Å². The molecule has 14 heteroatoms. The van der Waals surface area contributed by atoms with E-state index in [-0.39, 0.29) is 38.0 Å². The molecule has 4 atom stereocenters. The Morgan fingerprint density at radius 3 is 2.09 bits per heavy atom. The Kier molecular flexibility index (Phi) is 15.8. The van der Waals surface area contributed by atoms with Crippen LogP contribution in [0.2, 0.25) is 0 Å². The number of hydrogen-bond donors (Lipinski definition) is 3. The van der Waals surface area contributed by atoms with Crippen LogP contribution in [-0.2, 0) is 39.8 Å². The molecule has 1 saturated heterocycles. The first-order valence-corrected chi connectivity index (χ1v) is 18.8. The van der Waals surface area contributed by atoms with Gasteiger partial charge < -0.3 is 35.1 Å². The van der Waals surface area contributed by atoms with Crippen LogP contribution in [0, 0.1) is 5.82 Å². The fourth-order valence-electron chi connectivity index (χ4n) is 5.90. The van der Waals surface area contributed by atoms with Gasteiger partial charge in [-0.05, 0) is 111 Å². The lowest BCUT2D eigenvalue weighted by atomic mass is 9.94. The molecule has 4 amide bonds. The van der Waals surface area contributed by atoms with E-state index in [1.807, 2.05) is 0 Å². The lowest BCUT2D eigenvalue weighted by molar-refractivity contribution is -0.163. The van der Waals surface area contributed by atoms with Crippen molar-refractivity contribution in [1.82, 2.24) is 20.9 Å². The number of hydrogen-bond acceptors (Lipinski definition) is 9. The van der Waals surface area contributed by atoms with Gasteiger partial charge in [0.05, 0.1) is 12.2 Å². The molecule has 2 aromatic carbocycles. The number of likely N-dealkylation sites (tertiary alicyclic amines) is 1. The molecule has 1 aliphatic heterocycles. The first-order valence-electron chi connectivity index (χ1n) is 18.8. The van der Waals surface area contributed by atoms with Crippen LogP contribution in [0.1, 0.15) is 110 Å². The summed E-state index contributed by atoms with van der Waals surface area (Å²) in [6.45, 7) is 13.7. The molecule has 0 aromatic heterocycles. The topological polar surface area (TPSA) is 169 Å². The average molecular weight is 769 g/mol. The van der Waals surface area contributed by atoms with Gasteiger partial charge in [0.2, 0.25) is 17.7 Å². The van der Waals surface area contributed by atoms with Crippen molar-refractivity contribution in [3.63, 3.8) is 0 Å². The number of carbonyl (C=O) groups is 6. The van der Waals surface area contributed by atoms with E-state index < -0.39 is 76.4 Å². The van der Waals surface area contributed by atoms with Gasteiger partial charge in [-0.15, -0.1) is 0 Å². The van der Waals surface area contributed by atoms with Gasteiger partial charge in [-0.25, -0.2) is 18.8 Å². The number of benzene rings is 2. The predicted molar refractivity (Wildman–Crippen MR) is 203 cm³/mol. The quantitative estimate of drug-likeness (QED) is 0.115. The zero-order valence-corrected chi connectivity index (χ0v) is 33.3. The zero-order valence-electron chi connectivity index (χ0n) is 33.3. The molecular weight excluding hydrogens is 711 g/mol. The number of amides is 4. The van der Waals surface area contributed by atoms with Gasteiger partial charge in [0.1, 0.15) is 40.7 Å². The summed E-state index contributed by atoms with van der Waals surface area (Å²) < 4.78 is 31.2. The van der Waals surface area contributed by atoms with Crippen molar-refractivity contribution in [2.75, 3.05) is 13.2 Å². The highest BCUT2D eigenvalue weighted by Crippen LogP contribution is 2.24. The second-order valence-corrected chi connectivity index (χ2v) is 15.9. The third-order valence-corrected chi connectivity index (χ3v) is 8.94. The molecule has 0 spiro atoms. The molecule has 1 fully saturated rings. The summed E-state index contributed by atoms with van der Waals surface area (Å²) in [4.78, 5) is 81.7. The van der Waals surface area contributed by atoms with Gasteiger partial charge in [-0.3, -0.25) is 14.4 Å². The summed E-state index contributed by atoms with van der Waals surface area (Å²) in [7, 11) is 0. The van der Waals surface area contributed by atoms with Gasteiger partial charge in [0.15, 0.2) is 0 Å². The van der Waals surface area contributed by atoms with Crippen molar-refractivity contribution in [3.8, 4) is 0 Å². The Morgan fingerprint density at radius 1 is 0.836 bits per heavy atom. The van der Waals surface area contributed by atoms with Crippen molar-refractivity contribution < 1.29 is 47.4 Å². The highest BCUT2D eigenvalue weighted by molar-refractivity contribution is 5.97. The van der Waals surface area contributed by atoms with E-state index in [1.54, 1.807) is 84.9 Å². The molecule has 3 rings (SSSR count). The number of nitrogens with one attached hydrogen (secondary N) is 3. The maximum Gasteiger partial charge on any atom is 0.408 e. The van der Waals surface area contributed by atoms with Crippen molar-refractivity contribution in [1.29, 1.82) is 0 Å². The van der Waals surface area contributed by atoms with Crippen LogP contribution in [0.15, 0.2) is 54.6 Å². The third kappa shape index (κ3) is 14.0. The summed E-state index contributed by atoms with van der Waals surface area (Å²) in [5.41, 5.74) is -2.66. The van der Waals surface area contributed by atoms with E-state index in [1.165, 1.54) is 30.0 Å². The second-order valence-electron chi connectivity index (χ2n) is 15.9. The maximum atomic E-state index is 14.9. The second kappa shape index (κ2) is 19.5. The summed E-state index contributed by atoms with van der Waals surface area (Å²) in [5, 5.41) is 8.09. The molecule has 1 heterocycles. The van der Waals surface area contributed by atoms with Crippen LogP contribution in [0.25, 0.3) is 0 Å². The van der Waals surface area contributed by atoms with Gasteiger partial charge in [-0.2, -0.15) is 0 Å². The standard InChI is InChI=1S/C41H57FN4O9/c1-9-41(8,45-33(47)30(44-38(52)55-40(5,6)7)22-15-16-25-53-35(49)27-18-11-10-12-19-27)37(51)43-31(26-28-20-13-14-21-29(28)42)34(48)46-24-17-23-32(46)36(50)54-39(2,3)4/h10-14,18-21,30-32H,9,15-17,22-26H2,1-8H3,(H,43,51)(H,44,52)(H,45,47)/t30-,31-,32+,41-/m0/s1. The van der Waals surface area contributed by atoms with Crippen LogP contribution in [0.4, 0.5) is 9.18 Å². The minimum absolute atomic E-state index is 0.0734. The fourth-order valence-corrected chi connectivity index (χ4v) is 5.90. The van der Waals surface area contributed by atoms with Gasteiger partial charge >= 0.3 is 18.0 Å². The molecule has 0 radical (unpaired) electrons. The molecule has 2 aromatic rings. The van der Waals surface area contributed by atoms with Crippen molar-refractivity contribution >= 4 is 35.8 Å². The van der Waals surface area contributed by atoms with E-state index in [0.29, 0.717) is 31.2 Å². The largest absolute Gasteiger partial charge is 0.462 e. The van der Waals surface area contributed by atoms with Crippen molar-refractivity contribution in [2.24, 2.45) is 0 Å². The summed E-state index contributed by atoms with van der Waals surface area (Å²) in [5.74, 6) is -3.63. The third-order valence-electron chi connectivity index (χ3n) is 8.94. The summed E-state index contributed by atoms with van der Waals surface area (Å²) in [6, 6.07) is 11.1. The van der Waals surface area contributed by atoms with Crippen LogP contribution < -0.4 is 16.0 Å². The summed E-state index contributed by atoms with van der Waals surface area (Å²) >= 11 is 0. The van der Waals surface area contributed by atoms with Gasteiger partial charge in [0.25, 0.3) is 0 Å². The number of unbranched alkanes of at least 4 members (excludes halogenated alkanes) is 1. The zero-order chi connectivity index (χ0) is 41.0. The number of ether oxygens (including phenoxy) is 3. The Balaban J connectivity index is 1.79. The van der Waals surface area contributed by atoms with Crippen LogP contribution in [0.5, 0.6) is 0 Å². The Hall–Kier alpha value is -5.01. The number of esters is 2. The van der Waals surface area contributed by atoms with Crippen molar-refractivity contribution in [2.45, 2.75) is 135 Å². The number of carbonyl (C=O) groups excluding carboxylic acids is 6. The highest BCUT2D eigenvalue weighted by Gasteiger charge is 2.42.